The van der Waals surface area contributed by atoms with E-state index in [-0.39, 0.29) is 0 Å². The van der Waals surface area contributed by atoms with Crippen molar-refractivity contribution in [1.82, 2.24) is 4.90 Å². The minimum Gasteiger partial charge on any atom is -0.369 e. The number of anilines is 1. The third-order valence-corrected chi connectivity index (χ3v) is 6.03. The Morgan fingerprint density at radius 1 is 0.960 bits per heavy atom. The molecule has 3 nitrogen and oxygen atoms in total. The Labute approximate surface area is 155 Å². The van der Waals surface area contributed by atoms with Gasteiger partial charge in [0.1, 0.15) is 0 Å². The van der Waals surface area contributed by atoms with Gasteiger partial charge in [-0.15, -0.1) is 0 Å². The lowest BCUT2D eigenvalue weighted by Crippen LogP contribution is -2.47. The largest absolute Gasteiger partial charge is 0.369 e. The average Bonchev–Trinajstić information content (AvgIpc) is 2.66. The first-order valence-electron chi connectivity index (χ1n) is 10.4. The van der Waals surface area contributed by atoms with Crippen LogP contribution in [0.2, 0.25) is 0 Å². The maximum Gasteiger partial charge on any atom is 0.0399 e. The van der Waals surface area contributed by atoms with Crippen LogP contribution in [0.25, 0.3) is 0 Å². The van der Waals surface area contributed by atoms with E-state index in [0.29, 0.717) is 6.04 Å². The predicted octanol–water partition coefficient (Wildman–Crippen LogP) is 4.36. The number of rotatable bonds is 4. The van der Waals surface area contributed by atoms with Gasteiger partial charge in [0.15, 0.2) is 0 Å². The van der Waals surface area contributed by atoms with Crippen LogP contribution in [-0.4, -0.2) is 43.7 Å². The second-order valence-corrected chi connectivity index (χ2v) is 7.62. The molecule has 1 saturated heterocycles. The summed E-state index contributed by atoms with van der Waals surface area (Å²) < 4.78 is 0. The van der Waals surface area contributed by atoms with Crippen molar-refractivity contribution in [1.29, 1.82) is 0 Å². The van der Waals surface area contributed by atoms with Crippen molar-refractivity contribution in [3.8, 4) is 0 Å². The Morgan fingerprint density at radius 2 is 1.60 bits per heavy atom. The van der Waals surface area contributed by atoms with Crippen molar-refractivity contribution in [3.63, 3.8) is 0 Å². The van der Waals surface area contributed by atoms with Crippen molar-refractivity contribution in [2.24, 2.45) is 11.7 Å². The molecule has 1 aliphatic heterocycles. The van der Waals surface area contributed by atoms with Gasteiger partial charge in [-0.3, -0.25) is 4.90 Å². The fourth-order valence-electron chi connectivity index (χ4n) is 4.13. The molecule has 2 N–H and O–H groups in total. The van der Waals surface area contributed by atoms with Crippen molar-refractivity contribution in [2.45, 2.75) is 65.8 Å². The first-order valence-corrected chi connectivity index (χ1v) is 10.4. The maximum atomic E-state index is 6.01. The maximum absolute atomic E-state index is 6.01. The molecule has 0 atom stereocenters. The quantitative estimate of drug-likeness (QED) is 0.880. The Balaban J connectivity index is 0.00000109. The lowest BCUT2D eigenvalue weighted by atomic mass is 9.84. The van der Waals surface area contributed by atoms with E-state index in [9.17, 15) is 0 Å². The molecule has 2 fully saturated rings. The zero-order chi connectivity index (χ0) is 18.2. The molecule has 142 valence electrons. The van der Waals surface area contributed by atoms with Crippen LogP contribution in [0, 0.1) is 19.8 Å². The number of nitrogens with zero attached hydrogens (tertiary/aromatic N) is 2. The Bertz CT molecular complexity index is 498. The Morgan fingerprint density at radius 3 is 2.24 bits per heavy atom. The Kier molecular flexibility index (Phi) is 8.25. The van der Waals surface area contributed by atoms with Gasteiger partial charge >= 0.3 is 0 Å². The molecular formula is C22H39N3. The third-order valence-electron chi connectivity index (χ3n) is 6.03. The second-order valence-electron chi connectivity index (χ2n) is 7.62. The topological polar surface area (TPSA) is 32.5 Å². The van der Waals surface area contributed by atoms with Gasteiger partial charge in [0, 0.05) is 37.9 Å². The molecule has 1 heterocycles. The minimum atomic E-state index is 0.479. The number of piperazine rings is 1. The van der Waals surface area contributed by atoms with Gasteiger partial charge < -0.3 is 10.6 Å². The van der Waals surface area contributed by atoms with Gasteiger partial charge in [0.25, 0.3) is 0 Å². The molecule has 1 aliphatic carbocycles. The number of hydrogen-bond acceptors (Lipinski definition) is 3. The molecule has 3 heteroatoms. The number of aryl methyl sites for hydroxylation is 1. The van der Waals surface area contributed by atoms with Crippen LogP contribution in [0.4, 0.5) is 5.69 Å². The molecule has 0 bridgehead atoms. The highest BCUT2D eigenvalue weighted by Crippen LogP contribution is 2.27. The molecule has 1 aromatic carbocycles. The van der Waals surface area contributed by atoms with E-state index in [1.165, 1.54) is 81.6 Å². The van der Waals surface area contributed by atoms with Gasteiger partial charge in [0.2, 0.25) is 0 Å². The average molecular weight is 346 g/mol. The Hall–Kier alpha value is -1.06. The zero-order valence-electron chi connectivity index (χ0n) is 16.9. The minimum absolute atomic E-state index is 0.479. The SMILES string of the molecule is CC.Cc1cccc(N2CCN(CCC3CCC(N)CC3)CC2)c1C. The first-order chi connectivity index (χ1) is 12.1. The highest BCUT2D eigenvalue weighted by atomic mass is 15.3. The van der Waals surface area contributed by atoms with Crippen LogP contribution in [0.5, 0.6) is 0 Å². The number of benzene rings is 1. The highest BCUT2D eigenvalue weighted by Gasteiger charge is 2.22. The smallest absolute Gasteiger partial charge is 0.0399 e. The highest BCUT2D eigenvalue weighted by molar-refractivity contribution is 5.56. The van der Waals surface area contributed by atoms with Crippen molar-refractivity contribution >= 4 is 5.69 Å². The third kappa shape index (κ3) is 5.72. The summed E-state index contributed by atoms with van der Waals surface area (Å²) >= 11 is 0. The van der Waals surface area contributed by atoms with Gasteiger partial charge in [-0.1, -0.05) is 26.0 Å². The second kappa shape index (κ2) is 10.2. The van der Waals surface area contributed by atoms with Crippen LogP contribution in [0.1, 0.15) is 57.1 Å². The van der Waals surface area contributed by atoms with E-state index in [2.05, 4.69) is 41.8 Å². The summed E-state index contributed by atoms with van der Waals surface area (Å²) in [6.45, 7) is 14.5. The summed E-state index contributed by atoms with van der Waals surface area (Å²) in [6, 6.07) is 7.17. The summed E-state index contributed by atoms with van der Waals surface area (Å²) in [7, 11) is 0. The van der Waals surface area contributed by atoms with E-state index < -0.39 is 0 Å². The summed E-state index contributed by atoms with van der Waals surface area (Å²) in [5.74, 6) is 0.923. The summed E-state index contributed by atoms with van der Waals surface area (Å²) in [5, 5.41) is 0. The molecule has 25 heavy (non-hydrogen) atoms. The zero-order valence-corrected chi connectivity index (χ0v) is 16.9. The molecule has 0 spiro atoms. The van der Waals surface area contributed by atoms with Gasteiger partial charge in [-0.2, -0.15) is 0 Å². The molecule has 0 unspecified atom stereocenters. The fourth-order valence-corrected chi connectivity index (χ4v) is 4.13. The molecule has 1 saturated carbocycles. The summed E-state index contributed by atoms with van der Waals surface area (Å²) in [5.41, 5.74) is 10.3. The molecule has 0 aromatic heterocycles. The summed E-state index contributed by atoms with van der Waals surface area (Å²) in [4.78, 5) is 5.23. The van der Waals surface area contributed by atoms with Crippen molar-refractivity contribution < 1.29 is 0 Å². The van der Waals surface area contributed by atoms with Crippen LogP contribution in [0.15, 0.2) is 18.2 Å². The van der Waals surface area contributed by atoms with E-state index in [0.717, 1.165) is 5.92 Å². The fraction of sp³-hybridized carbons (Fsp3) is 0.727. The van der Waals surface area contributed by atoms with E-state index in [1.54, 1.807) is 0 Å². The normalized spacial score (nSPS) is 24.6. The molecule has 1 aromatic rings. The van der Waals surface area contributed by atoms with Gasteiger partial charge in [-0.05, 0) is 75.6 Å². The molecular weight excluding hydrogens is 306 g/mol. The van der Waals surface area contributed by atoms with E-state index in [1.807, 2.05) is 13.8 Å². The molecule has 0 amide bonds. The molecule has 0 radical (unpaired) electrons. The standard InChI is InChI=1S/C20H33N3.C2H6/c1-16-4-3-5-20(17(16)2)23-14-12-22(13-15-23)11-10-18-6-8-19(21)9-7-18;1-2/h3-5,18-19H,6-15,21H2,1-2H3;1-2H3. The van der Waals surface area contributed by atoms with Gasteiger partial charge in [-0.25, -0.2) is 0 Å². The first kappa shape index (κ1) is 20.3. The predicted molar refractivity (Wildman–Crippen MR) is 110 cm³/mol. The van der Waals surface area contributed by atoms with E-state index in [4.69, 9.17) is 5.73 Å². The number of hydrogen-bond donors (Lipinski definition) is 1. The van der Waals surface area contributed by atoms with Crippen LogP contribution >= 0.6 is 0 Å². The summed E-state index contributed by atoms with van der Waals surface area (Å²) in [6.07, 6.45) is 6.56. The van der Waals surface area contributed by atoms with Crippen LogP contribution < -0.4 is 10.6 Å². The van der Waals surface area contributed by atoms with Gasteiger partial charge in [0.05, 0.1) is 0 Å². The number of nitrogens with two attached hydrogens (primary N) is 1. The molecule has 3 rings (SSSR count). The monoisotopic (exact) mass is 345 g/mol. The van der Waals surface area contributed by atoms with Crippen molar-refractivity contribution in [2.75, 3.05) is 37.6 Å². The van der Waals surface area contributed by atoms with E-state index >= 15 is 0 Å². The van der Waals surface area contributed by atoms with Crippen molar-refractivity contribution in [3.05, 3.63) is 29.3 Å². The van der Waals surface area contributed by atoms with Crippen LogP contribution in [-0.2, 0) is 0 Å². The van der Waals surface area contributed by atoms with Crippen LogP contribution in [0.3, 0.4) is 0 Å². The lowest BCUT2D eigenvalue weighted by Gasteiger charge is -2.38. The molecule has 2 aliphatic rings. The lowest BCUT2D eigenvalue weighted by molar-refractivity contribution is 0.217.